The highest BCUT2D eigenvalue weighted by molar-refractivity contribution is 6.09. The molecule has 8 rings (SSSR count). The Balaban J connectivity index is 1.07. The zero-order valence-corrected chi connectivity index (χ0v) is 26.2. The molecule has 0 spiro atoms. The van der Waals surface area contributed by atoms with Crippen LogP contribution in [-0.2, 0) is 0 Å². The van der Waals surface area contributed by atoms with E-state index in [0.717, 1.165) is 52.0 Å². The van der Waals surface area contributed by atoms with Crippen LogP contribution in [0.3, 0.4) is 0 Å². The number of rotatable bonds is 5. The summed E-state index contributed by atoms with van der Waals surface area (Å²) in [4.78, 5) is 43.3. The van der Waals surface area contributed by atoms with Gasteiger partial charge in [-0.1, -0.05) is 30.3 Å². The number of nitriles is 1. The number of likely N-dealkylation sites (tertiary alicyclic amines) is 1. The third kappa shape index (κ3) is 5.30. The van der Waals surface area contributed by atoms with Crippen LogP contribution in [0.15, 0.2) is 73.1 Å². The van der Waals surface area contributed by atoms with Gasteiger partial charge in [-0.25, -0.2) is 9.97 Å². The van der Waals surface area contributed by atoms with Gasteiger partial charge in [-0.05, 0) is 91.6 Å². The topological polar surface area (TPSA) is 115 Å². The van der Waals surface area contributed by atoms with Crippen molar-refractivity contribution in [2.45, 2.75) is 38.5 Å². The first kappa shape index (κ1) is 28.9. The number of piperidine rings is 1. The molecule has 3 aliphatic rings. The van der Waals surface area contributed by atoms with Crippen molar-refractivity contribution in [2.24, 2.45) is 5.92 Å². The normalized spacial score (nSPS) is 16.8. The highest BCUT2D eigenvalue weighted by Gasteiger charge is 2.30. The average Bonchev–Trinajstić information content (AvgIpc) is 3.90. The number of nitrogens with one attached hydrogen (secondary N) is 1. The van der Waals surface area contributed by atoms with Crippen molar-refractivity contribution in [1.82, 2.24) is 19.9 Å². The minimum atomic E-state index is -0.0644. The van der Waals surface area contributed by atoms with E-state index in [1.807, 2.05) is 77.4 Å². The lowest BCUT2D eigenvalue weighted by Crippen LogP contribution is -2.38. The molecular formula is C38H34N6O3. The Morgan fingerprint density at radius 1 is 0.957 bits per heavy atom. The molecule has 3 aromatic carbocycles. The molecule has 2 aromatic heterocycles. The van der Waals surface area contributed by atoms with Crippen molar-refractivity contribution in [3.05, 3.63) is 95.3 Å². The molecular weight excluding hydrogens is 588 g/mol. The summed E-state index contributed by atoms with van der Waals surface area (Å²) in [5, 5.41) is 10.0. The molecule has 1 aliphatic carbocycles. The summed E-state index contributed by atoms with van der Waals surface area (Å²) in [5.74, 6) is 1.22. The molecule has 2 fully saturated rings. The fraction of sp³-hybridized carbons (Fsp3) is 0.289. The van der Waals surface area contributed by atoms with E-state index < -0.39 is 0 Å². The van der Waals surface area contributed by atoms with Crippen molar-refractivity contribution in [1.29, 1.82) is 5.26 Å². The van der Waals surface area contributed by atoms with Crippen LogP contribution in [0.1, 0.15) is 63.4 Å². The summed E-state index contributed by atoms with van der Waals surface area (Å²) in [5.41, 5.74) is 8.44. The first-order valence-corrected chi connectivity index (χ1v) is 16.3. The summed E-state index contributed by atoms with van der Waals surface area (Å²) in [6.45, 7) is 4.11. The smallest absolute Gasteiger partial charge is 0.262 e. The van der Waals surface area contributed by atoms with Gasteiger partial charge in [0, 0.05) is 46.9 Å². The monoisotopic (exact) mass is 622 g/mol. The van der Waals surface area contributed by atoms with E-state index >= 15 is 0 Å². The molecule has 0 radical (unpaired) electrons. The van der Waals surface area contributed by atoms with Gasteiger partial charge in [0.15, 0.2) is 0 Å². The number of hydrogen-bond acceptors (Lipinski definition) is 6. The summed E-state index contributed by atoms with van der Waals surface area (Å²) in [6, 6.07) is 24.0. The Morgan fingerprint density at radius 3 is 2.53 bits per heavy atom. The molecule has 2 amide bonds. The zero-order valence-electron chi connectivity index (χ0n) is 26.2. The maximum atomic E-state index is 13.9. The van der Waals surface area contributed by atoms with E-state index in [1.54, 1.807) is 6.33 Å². The van der Waals surface area contributed by atoms with Gasteiger partial charge in [-0.2, -0.15) is 5.26 Å². The molecule has 2 aliphatic heterocycles. The van der Waals surface area contributed by atoms with Crippen molar-refractivity contribution < 1.29 is 14.3 Å². The number of nitrogens with zero attached hydrogens (tertiary/aromatic N) is 5. The first-order chi connectivity index (χ1) is 23.0. The number of anilines is 1. The minimum Gasteiger partial charge on any atom is -0.491 e. The van der Waals surface area contributed by atoms with Crippen molar-refractivity contribution in [2.75, 3.05) is 31.1 Å². The molecule has 4 heterocycles. The number of amides is 2. The highest BCUT2D eigenvalue weighted by atomic mass is 16.5. The molecule has 1 saturated heterocycles. The average molecular weight is 623 g/mol. The fourth-order valence-corrected chi connectivity index (χ4v) is 6.90. The molecule has 1 N–H and O–H groups in total. The number of aromatic nitrogens is 3. The third-order valence-electron chi connectivity index (χ3n) is 9.79. The second-order valence-electron chi connectivity index (χ2n) is 12.7. The molecule has 0 unspecified atom stereocenters. The number of H-pyrrole nitrogens is 1. The van der Waals surface area contributed by atoms with Crippen LogP contribution in [0.4, 0.5) is 5.69 Å². The van der Waals surface area contributed by atoms with Gasteiger partial charge in [-0.15, -0.1) is 0 Å². The number of fused-ring (bicyclic) bond motifs is 2. The largest absolute Gasteiger partial charge is 0.491 e. The number of carbonyl (C=O) groups excluding carboxylic acids is 2. The number of benzene rings is 3. The Bertz CT molecular complexity index is 2070. The van der Waals surface area contributed by atoms with Gasteiger partial charge >= 0.3 is 0 Å². The zero-order chi connectivity index (χ0) is 32.1. The number of carbonyl (C=O) groups is 2. The number of ether oxygens (including phenoxy) is 1. The van der Waals surface area contributed by atoms with Crippen LogP contribution in [0, 0.1) is 24.2 Å². The summed E-state index contributed by atoms with van der Waals surface area (Å²) >= 11 is 0. The van der Waals surface area contributed by atoms with E-state index in [-0.39, 0.29) is 17.7 Å². The fourth-order valence-electron chi connectivity index (χ4n) is 6.90. The molecule has 9 heteroatoms. The summed E-state index contributed by atoms with van der Waals surface area (Å²) in [7, 11) is 0. The van der Waals surface area contributed by atoms with Crippen molar-refractivity contribution in [3.8, 4) is 34.3 Å². The lowest BCUT2D eigenvalue weighted by molar-refractivity contribution is 0.0707. The molecule has 234 valence electrons. The van der Waals surface area contributed by atoms with Gasteiger partial charge in [-0.3, -0.25) is 9.59 Å². The van der Waals surface area contributed by atoms with Crippen LogP contribution < -0.4 is 9.64 Å². The minimum absolute atomic E-state index is 0.00551. The Labute approximate surface area is 272 Å². The SMILES string of the molecule is Cc1c(-c2ncnc3[nH]c(-c4ccc(C(=O)N5CCC(C#N)CC5)cc4)cc23)cccc1N1CCOc2cc(C3CC3)ccc2C1=O. The molecule has 0 atom stereocenters. The van der Waals surface area contributed by atoms with Crippen molar-refractivity contribution in [3.63, 3.8) is 0 Å². The third-order valence-corrected chi connectivity index (χ3v) is 9.79. The number of hydrogen-bond donors (Lipinski definition) is 1. The summed E-state index contributed by atoms with van der Waals surface area (Å²) < 4.78 is 6.09. The van der Waals surface area contributed by atoms with Crippen LogP contribution in [0.2, 0.25) is 0 Å². The lowest BCUT2D eigenvalue weighted by atomic mass is 9.98. The molecule has 9 nitrogen and oxygen atoms in total. The predicted molar refractivity (Wildman–Crippen MR) is 179 cm³/mol. The van der Waals surface area contributed by atoms with E-state index in [4.69, 9.17) is 9.72 Å². The first-order valence-electron chi connectivity index (χ1n) is 16.3. The lowest BCUT2D eigenvalue weighted by Gasteiger charge is -2.29. The molecule has 0 bridgehead atoms. The molecule has 1 saturated carbocycles. The van der Waals surface area contributed by atoms with Crippen LogP contribution in [0.25, 0.3) is 33.5 Å². The second-order valence-corrected chi connectivity index (χ2v) is 12.7. The number of aromatic amines is 1. The summed E-state index contributed by atoms with van der Waals surface area (Å²) in [6.07, 6.45) is 5.39. The quantitative estimate of drug-likeness (QED) is 0.228. The maximum absolute atomic E-state index is 13.9. The van der Waals surface area contributed by atoms with Crippen LogP contribution in [-0.4, -0.2) is 57.9 Å². The highest BCUT2D eigenvalue weighted by Crippen LogP contribution is 2.42. The Morgan fingerprint density at radius 2 is 1.77 bits per heavy atom. The van der Waals surface area contributed by atoms with Gasteiger partial charge in [0.25, 0.3) is 11.8 Å². The standard InChI is InChI=1S/C38H34N6O3/c1-23-29(3-2-4-33(23)44-17-18-47-34-19-28(25-5-6-25)11-12-30(34)38(44)46)35-31-20-32(42-36(31)41-22-40-35)26-7-9-27(10-8-26)37(45)43-15-13-24(21-39)14-16-43/h2-4,7-12,19-20,22,24-25H,5-6,13-18H2,1H3,(H,40,41,42). The van der Waals surface area contributed by atoms with Crippen LogP contribution >= 0.6 is 0 Å². The van der Waals surface area contributed by atoms with Gasteiger partial charge in [0.2, 0.25) is 0 Å². The van der Waals surface area contributed by atoms with Gasteiger partial charge < -0.3 is 19.5 Å². The molecule has 5 aromatic rings. The predicted octanol–water partition coefficient (Wildman–Crippen LogP) is 6.89. The van der Waals surface area contributed by atoms with E-state index in [2.05, 4.69) is 22.1 Å². The van der Waals surface area contributed by atoms with Gasteiger partial charge in [0.05, 0.1) is 23.9 Å². The van der Waals surface area contributed by atoms with Gasteiger partial charge in [0.1, 0.15) is 24.3 Å². The Kier molecular flexibility index (Phi) is 7.21. The Hall–Kier alpha value is -5.49. The van der Waals surface area contributed by atoms with Crippen LogP contribution in [0.5, 0.6) is 5.75 Å². The van der Waals surface area contributed by atoms with E-state index in [9.17, 15) is 14.9 Å². The van der Waals surface area contributed by atoms with E-state index in [0.29, 0.717) is 54.7 Å². The van der Waals surface area contributed by atoms with E-state index in [1.165, 1.54) is 18.4 Å². The molecule has 47 heavy (non-hydrogen) atoms. The van der Waals surface area contributed by atoms with Crippen molar-refractivity contribution >= 4 is 28.5 Å². The second kappa shape index (κ2) is 11.7. The maximum Gasteiger partial charge on any atom is 0.262 e.